The summed E-state index contributed by atoms with van der Waals surface area (Å²) in [5.41, 5.74) is 3.28. The van der Waals surface area contributed by atoms with Crippen LogP contribution in [0.25, 0.3) is 11.1 Å². The van der Waals surface area contributed by atoms with Crippen LogP contribution in [0.5, 0.6) is 0 Å². The van der Waals surface area contributed by atoms with Crippen LogP contribution in [0, 0.1) is 0 Å². The van der Waals surface area contributed by atoms with Crippen molar-refractivity contribution in [1.82, 2.24) is 0 Å². The van der Waals surface area contributed by atoms with E-state index >= 15 is 0 Å². The van der Waals surface area contributed by atoms with Crippen LogP contribution in [0.2, 0.25) is 0 Å². The van der Waals surface area contributed by atoms with Gasteiger partial charge in [0, 0.05) is 0 Å². The van der Waals surface area contributed by atoms with Crippen molar-refractivity contribution in [3.05, 3.63) is 60.2 Å². The molecule has 1 unspecified atom stereocenters. The van der Waals surface area contributed by atoms with E-state index in [4.69, 9.17) is 9.47 Å². The molecule has 3 nitrogen and oxygen atoms in total. The summed E-state index contributed by atoms with van der Waals surface area (Å²) in [5.74, 6) is 0. The van der Waals surface area contributed by atoms with E-state index in [1.807, 2.05) is 13.0 Å². The lowest BCUT2D eigenvalue weighted by atomic mass is 9.95. The second-order valence-corrected chi connectivity index (χ2v) is 6.83. The average Bonchev–Trinajstić information content (AvgIpc) is 2.56. The summed E-state index contributed by atoms with van der Waals surface area (Å²) < 4.78 is 15.6. The third-order valence-electron chi connectivity index (χ3n) is 3.80. The molecule has 2 aromatic rings. The molecule has 0 saturated heterocycles. The Kier molecular flexibility index (Phi) is 4.62. The maximum absolute atomic E-state index is 5.90. The van der Waals surface area contributed by atoms with E-state index in [1.54, 1.807) is 0 Å². The molecule has 0 aromatic heterocycles. The summed E-state index contributed by atoms with van der Waals surface area (Å²) in [7, 11) is 0. The van der Waals surface area contributed by atoms with Crippen molar-refractivity contribution < 1.29 is 9.47 Å². The first kappa shape index (κ1) is 15.9. The Hall–Kier alpha value is -1.94. The van der Waals surface area contributed by atoms with Crippen LogP contribution in [0.3, 0.4) is 0 Å². The highest BCUT2D eigenvalue weighted by Gasteiger charge is 2.38. The average molecular weight is 327 g/mol. The minimum atomic E-state index is -0.370. The smallest absolute Gasteiger partial charge is 0.395 e. The fourth-order valence-corrected chi connectivity index (χ4v) is 3.50. The molecule has 2 aromatic carbocycles. The zero-order valence-corrected chi connectivity index (χ0v) is 14.5. The predicted octanol–water partition coefficient (Wildman–Crippen LogP) is 5.24. The first-order valence-electron chi connectivity index (χ1n) is 7.81. The van der Waals surface area contributed by atoms with Gasteiger partial charge in [-0.25, -0.2) is 0 Å². The molecular formula is C19H21NO2S. The van der Waals surface area contributed by atoms with Crippen molar-refractivity contribution in [3.63, 3.8) is 0 Å². The number of rotatable bonds is 3. The Morgan fingerprint density at radius 2 is 1.70 bits per heavy atom. The molecule has 1 heterocycles. The van der Waals surface area contributed by atoms with Gasteiger partial charge in [0.25, 0.3) is 0 Å². The fourth-order valence-electron chi connectivity index (χ4n) is 2.64. The Labute approximate surface area is 141 Å². The number of hydrogen-bond donors (Lipinski definition) is 0. The van der Waals surface area contributed by atoms with E-state index in [0.29, 0.717) is 12.7 Å². The van der Waals surface area contributed by atoms with Crippen molar-refractivity contribution in [2.75, 3.05) is 6.61 Å². The maximum atomic E-state index is 5.90. The van der Waals surface area contributed by atoms with E-state index in [-0.39, 0.29) is 10.9 Å². The van der Waals surface area contributed by atoms with Crippen LogP contribution >= 0.6 is 11.9 Å². The molecule has 0 spiro atoms. The van der Waals surface area contributed by atoms with Gasteiger partial charge in [0.2, 0.25) is 0 Å². The van der Waals surface area contributed by atoms with Crippen LogP contribution in [0.1, 0.15) is 31.6 Å². The van der Waals surface area contributed by atoms with Crippen molar-refractivity contribution in [1.29, 1.82) is 0 Å². The van der Waals surface area contributed by atoms with E-state index in [0.717, 1.165) is 0 Å². The van der Waals surface area contributed by atoms with Gasteiger partial charge in [-0.1, -0.05) is 54.6 Å². The van der Waals surface area contributed by atoms with Gasteiger partial charge in [0.1, 0.15) is 5.60 Å². The van der Waals surface area contributed by atoms with E-state index in [2.05, 4.69) is 66.8 Å². The summed E-state index contributed by atoms with van der Waals surface area (Å²) in [5, 5.41) is 0.136. The molecule has 1 aliphatic rings. The van der Waals surface area contributed by atoms with Gasteiger partial charge in [-0.05, 0) is 49.4 Å². The third-order valence-corrected chi connectivity index (χ3v) is 5.11. The van der Waals surface area contributed by atoms with Gasteiger partial charge in [-0.15, -0.1) is 4.40 Å². The zero-order valence-electron chi connectivity index (χ0n) is 13.7. The summed E-state index contributed by atoms with van der Waals surface area (Å²) >= 11 is 1.51. The molecule has 0 aliphatic carbocycles. The van der Waals surface area contributed by atoms with Crippen molar-refractivity contribution in [2.24, 2.45) is 4.40 Å². The van der Waals surface area contributed by atoms with E-state index in [9.17, 15) is 0 Å². The van der Waals surface area contributed by atoms with Gasteiger partial charge in [0.15, 0.2) is 0 Å². The molecule has 0 bridgehead atoms. The minimum Gasteiger partial charge on any atom is -0.450 e. The number of benzene rings is 2. The summed E-state index contributed by atoms with van der Waals surface area (Å²) in [6.07, 6.45) is 0.375. The summed E-state index contributed by atoms with van der Waals surface area (Å²) in [6, 6.07) is 19.0. The normalized spacial score (nSPS) is 19.6. The van der Waals surface area contributed by atoms with Crippen molar-refractivity contribution in [2.45, 2.75) is 31.6 Å². The van der Waals surface area contributed by atoms with Crippen molar-refractivity contribution in [3.8, 4) is 11.1 Å². The molecule has 0 saturated carbocycles. The highest BCUT2D eigenvalue weighted by molar-refractivity contribution is 7.98. The Bertz CT molecular complexity index is 680. The molecule has 120 valence electrons. The second kappa shape index (κ2) is 6.67. The molecule has 1 aliphatic heterocycles. The SMILES string of the molecule is CCOC1=NSC(c2ccc(-c3ccccc3)cc2)C(C)(C)O1. The fraction of sp³-hybridized carbons (Fsp3) is 0.316. The molecule has 0 fully saturated rings. The van der Waals surface area contributed by atoms with Crippen LogP contribution in [0.4, 0.5) is 0 Å². The van der Waals surface area contributed by atoms with Gasteiger partial charge >= 0.3 is 6.08 Å². The first-order chi connectivity index (χ1) is 11.1. The lowest BCUT2D eigenvalue weighted by Crippen LogP contribution is -2.37. The molecular weight excluding hydrogens is 306 g/mol. The Morgan fingerprint density at radius 3 is 2.30 bits per heavy atom. The number of hydrogen-bond acceptors (Lipinski definition) is 4. The topological polar surface area (TPSA) is 30.8 Å². The third kappa shape index (κ3) is 3.53. The zero-order chi connectivity index (χ0) is 16.3. The lowest BCUT2D eigenvalue weighted by Gasteiger charge is -2.36. The summed E-state index contributed by atoms with van der Waals surface area (Å²) in [6.45, 7) is 6.64. The standard InChI is InChI=1S/C19H21NO2S/c1-4-21-18-20-23-17(19(2,3)22-18)16-12-10-15(11-13-16)14-8-6-5-7-9-14/h5-13,17H,4H2,1-3H3. The van der Waals surface area contributed by atoms with Crippen molar-refractivity contribution >= 4 is 18.0 Å². The molecule has 4 heteroatoms. The summed E-state index contributed by atoms with van der Waals surface area (Å²) in [4.78, 5) is 0. The highest BCUT2D eigenvalue weighted by atomic mass is 32.2. The first-order valence-corrected chi connectivity index (χ1v) is 8.65. The lowest BCUT2D eigenvalue weighted by molar-refractivity contribution is 0.0407. The Balaban J connectivity index is 1.82. The second-order valence-electron chi connectivity index (χ2n) is 5.97. The van der Waals surface area contributed by atoms with Crippen LogP contribution in [-0.2, 0) is 9.47 Å². The van der Waals surface area contributed by atoms with Gasteiger partial charge in [-0.2, -0.15) is 0 Å². The van der Waals surface area contributed by atoms with E-state index < -0.39 is 0 Å². The minimum absolute atomic E-state index is 0.136. The molecule has 1 atom stereocenters. The van der Waals surface area contributed by atoms with Gasteiger partial charge in [0.05, 0.1) is 11.9 Å². The maximum Gasteiger partial charge on any atom is 0.395 e. The molecule has 0 N–H and O–H groups in total. The molecule has 0 amide bonds. The molecule has 3 rings (SSSR count). The van der Waals surface area contributed by atoms with Gasteiger partial charge < -0.3 is 9.47 Å². The number of ether oxygens (including phenoxy) is 2. The van der Waals surface area contributed by atoms with E-state index in [1.165, 1.54) is 28.6 Å². The largest absolute Gasteiger partial charge is 0.450 e. The van der Waals surface area contributed by atoms with Crippen LogP contribution in [0.15, 0.2) is 59.0 Å². The number of nitrogens with zero attached hydrogens (tertiary/aromatic N) is 1. The Morgan fingerprint density at radius 1 is 1.04 bits per heavy atom. The van der Waals surface area contributed by atoms with Gasteiger partial charge in [-0.3, -0.25) is 0 Å². The highest BCUT2D eigenvalue weighted by Crippen LogP contribution is 2.44. The monoisotopic (exact) mass is 327 g/mol. The molecule has 0 radical (unpaired) electrons. The predicted molar refractivity (Wildman–Crippen MR) is 96.4 cm³/mol. The molecule has 23 heavy (non-hydrogen) atoms. The quantitative estimate of drug-likeness (QED) is 0.722. The van der Waals surface area contributed by atoms with Crippen LogP contribution in [-0.4, -0.2) is 18.3 Å². The van der Waals surface area contributed by atoms with Crippen LogP contribution < -0.4 is 0 Å².